The van der Waals surface area contributed by atoms with E-state index in [-0.39, 0.29) is 24.3 Å². The van der Waals surface area contributed by atoms with Gasteiger partial charge in [0.1, 0.15) is 56.2 Å². The van der Waals surface area contributed by atoms with Crippen molar-refractivity contribution >= 4 is 0 Å². The molecule has 2 aromatic carbocycles. The highest BCUT2D eigenvalue weighted by molar-refractivity contribution is 5.32. The average Bonchev–Trinajstić information content (AvgIpc) is 3.55. The molecule has 1 aromatic heterocycles. The highest BCUT2D eigenvalue weighted by Crippen LogP contribution is 2.32. The van der Waals surface area contributed by atoms with Crippen LogP contribution in [-0.4, -0.2) is 53.5 Å². The van der Waals surface area contributed by atoms with Crippen LogP contribution in [0.3, 0.4) is 0 Å². The summed E-state index contributed by atoms with van der Waals surface area (Å²) in [5, 5.41) is 20.2. The number of aromatic nitrogens is 3. The van der Waals surface area contributed by atoms with E-state index in [9.17, 15) is 0 Å². The largest absolute Gasteiger partial charge is 0.367 e. The molecule has 8 heteroatoms. The Hall–Kier alpha value is -3.09. The summed E-state index contributed by atoms with van der Waals surface area (Å²) in [7, 11) is 2.17. The number of nitrogens with one attached hydrogen (secondary N) is 1. The Bertz CT molecular complexity index is 1110. The molecule has 33 heavy (non-hydrogen) atoms. The minimum Gasteiger partial charge on any atom is -0.367 e. The minimum atomic E-state index is -0.0133. The van der Waals surface area contributed by atoms with Crippen molar-refractivity contribution in [1.29, 1.82) is 5.26 Å². The topological polar surface area (TPSA) is 94.0 Å². The number of nitrogens with two attached hydrogens (primary N) is 1. The zero-order chi connectivity index (χ0) is 22.6. The van der Waals surface area contributed by atoms with Gasteiger partial charge in [-0.1, -0.05) is 47.7 Å². The summed E-state index contributed by atoms with van der Waals surface area (Å²) in [6, 6.07) is 20.7. The Morgan fingerprint density at radius 1 is 1.06 bits per heavy atom. The lowest BCUT2D eigenvalue weighted by Gasteiger charge is -2.16. The highest BCUT2D eigenvalue weighted by atomic mass is 16.6. The third kappa shape index (κ3) is 4.97. The molecule has 2 fully saturated rings. The van der Waals surface area contributed by atoms with Crippen molar-refractivity contribution in [3.63, 3.8) is 0 Å². The number of hydrogen-bond donors (Lipinski definition) is 2. The molecule has 0 saturated carbocycles. The lowest BCUT2D eigenvalue weighted by molar-refractivity contribution is -0.908. The Labute approximate surface area is 193 Å². The van der Waals surface area contributed by atoms with Gasteiger partial charge in [0.25, 0.3) is 0 Å². The van der Waals surface area contributed by atoms with Crippen LogP contribution in [0.15, 0.2) is 60.8 Å². The van der Waals surface area contributed by atoms with Crippen molar-refractivity contribution in [2.75, 3.05) is 20.3 Å². The molecular formula is C25H30N6O2+2. The molecule has 2 aliphatic heterocycles. The van der Waals surface area contributed by atoms with E-state index in [4.69, 9.17) is 14.7 Å². The van der Waals surface area contributed by atoms with Gasteiger partial charge in [0.15, 0.2) is 0 Å². The number of fused-ring (bicyclic) bond motifs is 1. The summed E-state index contributed by atoms with van der Waals surface area (Å²) < 4.78 is 14.2. The fourth-order valence-electron chi connectivity index (χ4n) is 4.87. The van der Waals surface area contributed by atoms with Crippen LogP contribution in [0.5, 0.6) is 0 Å². The molecule has 5 atom stereocenters. The van der Waals surface area contributed by atoms with E-state index in [0.29, 0.717) is 18.8 Å². The van der Waals surface area contributed by atoms with Gasteiger partial charge in [0.05, 0.1) is 31.5 Å². The van der Waals surface area contributed by atoms with Crippen LogP contribution in [-0.2, 0) is 29.1 Å². The van der Waals surface area contributed by atoms with Crippen LogP contribution >= 0.6 is 0 Å². The van der Waals surface area contributed by atoms with Gasteiger partial charge in [0, 0.05) is 11.1 Å². The van der Waals surface area contributed by atoms with Gasteiger partial charge in [-0.15, -0.1) is 5.10 Å². The zero-order valence-corrected chi connectivity index (χ0v) is 18.8. The molecule has 5 rings (SSSR count). The quantitative estimate of drug-likeness (QED) is 0.501. The lowest BCUT2D eigenvalue weighted by Crippen LogP contribution is -3.06. The van der Waals surface area contributed by atoms with E-state index in [1.54, 1.807) is 0 Å². The van der Waals surface area contributed by atoms with Crippen LogP contribution in [0.1, 0.15) is 28.4 Å². The summed E-state index contributed by atoms with van der Waals surface area (Å²) in [5.74, 6) is 0. The van der Waals surface area contributed by atoms with Crippen molar-refractivity contribution in [3.05, 3.63) is 83.2 Å². The third-order valence-electron chi connectivity index (χ3n) is 6.51. The summed E-state index contributed by atoms with van der Waals surface area (Å²) in [4.78, 5) is 1.36. The van der Waals surface area contributed by atoms with Crippen molar-refractivity contribution in [2.24, 2.45) is 0 Å². The maximum Gasteiger partial charge on any atom is 0.140 e. The van der Waals surface area contributed by atoms with Gasteiger partial charge >= 0.3 is 0 Å². The van der Waals surface area contributed by atoms with Crippen molar-refractivity contribution in [3.8, 4) is 6.07 Å². The molecule has 0 bridgehead atoms. The van der Waals surface area contributed by atoms with Crippen LogP contribution in [0.4, 0.5) is 0 Å². The Morgan fingerprint density at radius 3 is 2.73 bits per heavy atom. The molecule has 3 heterocycles. The summed E-state index contributed by atoms with van der Waals surface area (Å²) in [6.45, 7) is 3.79. The van der Waals surface area contributed by atoms with Crippen LogP contribution in [0, 0.1) is 11.3 Å². The third-order valence-corrected chi connectivity index (χ3v) is 6.51. The zero-order valence-electron chi connectivity index (χ0n) is 18.8. The van der Waals surface area contributed by atoms with Crippen LogP contribution in [0.25, 0.3) is 0 Å². The standard InChI is InChI=1S/C25H28N6O2/c1-30(13-18-6-3-2-4-7-18)14-21-15-31(29-28-21)23-17-33-24-22(16-32-25(23)24)27-12-20-9-5-8-19(10-20)11-26/h2-10,15,22-25,27H,12-14,16-17H2,1H3/p+2/t22-,23-,24+,25+/m0/s1. The first kappa shape index (κ1) is 21.7. The smallest absolute Gasteiger partial charge is 0.140 e. The second kappa shape index (κ2) is 9.81. The van der Waals surface area contributed by atoms with E-state index in [1.807, 2.05) is 35.1 Å². The van der Waals surface area contributed by atoms with Gasteiger partial charge in [-0.3, -0.25) is 0 Å². The predicted octanol–water partition coefficient (Wildman–Crippen LogP) is -0.164. The maximum atomic E-state index is 9.10. The lowest BCUT2D eigenvalue weighted by atomic mass is 10.1. The summed E-state index contributed by atoms with van der Waals surface area (Å²) in [6.07, 6.45) is 2.06. The van der Waals surface area contributed by atoms with Gasteiger partial charge in [-0.05, 0) is 12.1 Å². The second-order valence-corrected chi connectivity index (χ2v) is 9.07. The van der Waals surface area contributed by atoms with E-state index >= 15 is 0 Å². The van der Waals surface area contributed by atoms with Gasteiger partial charge in [0.2, 0.25) is 0 Å². The number of nitriles is 1. The molecule has 3 N–H and O–H groups in total. The molecule has 0 spiro atoms. The molecule has 1 unspecified atom stereocenters. The first-order valence-electron chi connectivity index (χ1n) is 11.5. The number of hydrogen-bond acceptors (Lipinski definition) is 5. The fourth-order valence-corrected chi connectivity index (χ4v) is 4.87. The summed E-state index contributed by atoms with van der Waals surface area (Å²) >= 11 is 0. The van der Waals surface area contributed by atoms with Gasteiger partial charge in [-0.2, -0.15) is 5.26 Å². The molecule has 170 valence electrons. The summed E-state index contributed by atoms with van der Waals surface area (Å²) in [5.41, 5.74) is 4.12. The van der Waals surface area contributed by atoms with E-state index in [2.05, 4.69) is 59.1 Å². The molecule has 3 aromatic rings. The average molecular weight is 447 g/mol. The number of rotatable bonds is 8. The normalized spacial score (nSPS) is 25.0. The Kier molecular flexibility index (Phi) is 6.46. The maximum absolute atomic E-state index is 9.10. The van der Waals surface area contributed by atoms with Crippen LogP contribution < -0.4 is 10.2 Å². The highest BCUT2D eigenvalue weighted by Gasteiger charge is 2.50. The first-order chi connectivity index (χ1) is 16.2. The number of benzene rings is 2. The van der Waals surface area contributed by atoms with Crippen LogP contribution in [0.2, 0.25) is 0 Å². The molecule has 8 nitrogen and oxygen atoms in total. The predicted molar refractivity (Wildman–Crippen MR) is 120 cm³/mol. The molecule has 0 amide bonds. The van der Waals surface area contributed by atoms with Crippen molar-refractivity contribution in [1.82, 2.24) is 15.0 Å². The van der Waals surface area contributed by atoms with E-state index < -0.39 is 0 Å². The second-order valence-electron chi connectivity index (χ2n) is 9.07. The Balaban J connectivity index is 1.16. The molecular weight excluding hydrogens is 416 g/mol. The monoisotopic (exact) mass is 446 g/mol. The van der Waals surface area contributed by atoms with E-state index in [0.717, 1.165) is 30.9 Å². The molecule has 2 saturated heterocycles. The Morgan fingerprint density at radius 2 is 1.88 bits per heavy atom. The van der Waals surface area contributed by atoms with Crippen molar-refractivity contribution in [2.45, 2.75) is 43.9 Å². The molecule has 0 aliphatic carbocycles. The molecule has 0 radical (unpaired) electrons. The van der Waals surface area contributed by atoms with Gasteiger partial charge < -0.3 is 19.7 Å². The number of ether oxygens (including phenoxy) is 2. The fraction of sp³-hybridized carbons (Fsp3) is 0.400. The first-order valence-corrected chi connectivity index (χ1v) is 11.5. The number of quaternary nitrogens is 2. The van der Waals surface area contributed by atoms with Gasteiger partial charge in [-0.25, -0.2) is 4.68 Å². The SMILES string of the molecule is C[NH+](Cc1ccccc1)Cc1cn([C@H]2CO[C@H]3[C@@H]2OC[C@@H]3[NH2+]Cc2cccc(C#N)c2)nn1. The van der Waals surface area contributed by atoms with E-state index in [1.165, 1.54) is 10.5 Å². The molecule has 2 aliphatic rings. The minimum absolute atomic E-state index is 0.0133. The van der Waals surface area contributed by atoms with Crippen molar-refractivity contribution < 1.29 is 19.7 Å². The number of nitrogens with zero attached hydrogens (tertiary/aromatic N) is 4.